The van der Waals surface area contributed by atoms with Crippen LogP contribution in [-0.4, -0.2) is 42.3 Å². The largest absolute Gasteiger partial charge is 0.377 e. The first-order chi connectivity index (χ1) is 11.2. The Morgan fingerprint density at radius 3 is 2.70 bits per heavy atom. The van der Waals surface area contributed by atoms with Gasteiger partial charge in [-0.2, -0.15) is 5.10 Å². The Kier molecular flexibility index (Phi) is 8.31. The maximum absolute atomic E-state index is 5.66. The van der Waals surface area contributed by atoms with Gasteiger partial charge in [-0.05, 0) is 28.4 Å². The molecule has 1 atom stereocenters. The van der Waals surface area contributed by atoms with E-state index in [1.807, 2.05) is 36.0 Å². The minimum absolute atomic E-state index is 0.0553. The van der Waals surface area contributed by atoms with E-state index in [1.54, 1.807) is 6.20 Å². The number of ether oxygens (including phenoxy) is 3. The lowest BCUT2D eigenvalue weighted by Gasteiger charge is -2.13. The summed E-state index contributed by atoms with van der Waals surface area (Å²) in [6.45, 7) is 5.70. The minimum Gasteiger partial charge on any atom is -0.377 e. The second kappa shape index (κ2) is 10.5. The molecule has 0 aliphatic heterocycles. The van der Waals surface area contributed by atoms with Gasteiger partial charge < -0.3 is 14.2 Å². The fourth-order valence-electron chi connectivity index (χ4n) is 1.99. The van der Waals surface area contributed by atoms with E-state index in [0.29, 0.717) is 33.0 Å². The zero-order valence-electron chi connectivity index (χ0n) is 13.4. The second-order valence-corrected chi connectivity index (χ2v) is 6.13. The molecule has 1 aromatic carbocycles. The van der Waals surface area contributed by atoms with Crippen molar-refractivity contribution in [2.24, 2.45) is 0 Å². The minimum atomic E-state index is 0.0553. The molecule has 2 aromatic rings. The molecule has 0 saturated heterocycles. The van der Waals surface area contributed by atoms with E-state index < -0.39 is 0 Å². The van der Waals surface area contributed by atoms with Gasteiger partial charge >= 0.3 is 0 Å². The van der Waals surface area contributed by atoms with E-state index >= 15 is 0 Å². The van der Waals surface area contributed by atoms with Gasteiger partial charge in [0, 0.05) is 6.20 Å². The molecule has 6 heteroatoms. The summed E-state index contributed by atoms with van der Waals surface area (Å²) in [6, 6.07) is 10.1. The summed E-state index contributed by atoms with van der Waals surface area (Å²) >= 11 is 3.36. The molecule has 126 valence electrons. The molecule has 0 amide bonds. The van der Waals surface area contributed by atoms with Crippen molar-refractivity contribution >= 4 is 15.9 Å². The predicted molar refractivity (Wildman–Crippen MR) is 92.3 cm³/mol. The van der Waals surface area contributed by atoms with Gasteiger partial charge in [0.15, 0.2) is 0 Å². The Hall–Kier alpha value is -1.21. The van der Waals surface area contributed by atoms with Crippen molar-refractivity contribution in [1.82, 2.24) is 9.78 Å². The van der Waals surface area contributed by atoms with Gasteiger partial charge in [-0.25, -0.2) is 0 Å². The molecular formula is C17H23BrN2O3. The first-order valence-electron chi connectivity index (χ1n) is 7.73. The predicted octanol–water partition coefficient (Wildman–Crippen LogP) is 3.28. The molecule has 1 aromatic heterocycles. The van der Waals surface area contributed by atoms with E-state index in [2.05, 4.69) is 33.2 Å². The van der Waals surface area contributed by atoms with Crippen LogP contribution in [0.25, 0.3) is 0 Å². The van der Waals surface area contributed by atoms with Gasteiger partial charge in [0.25, 0.3) is 0 Å². The molecule has 1 heterocycles. The van der Waals surface area contributed by atoms with E-state index in [0.717, 1.165) is 11.0 Å². The van der Waals surface area contributed by atoms with Crippen molar-refractivity contribution in [3.63, 3.8) is 0 Å². The summed E-state index contributed by atoms with van der Waals surface area (Å²) < 4.78 is 19.6. The van der Waals surface area contributed by atoms with Gasteiger partial charge in [0.1, 0.15) is 0 Å². The molecule has 0 bridgehead atoms. The fraction of sp³-hybridized carbons (Fsp3) is 0.471. The molecule has 0 aliphatic carbocycles. The van der Waals surface area contributed by atoms with Crippen molar-refractivity contribution in [1.29, 1.82) is 0 Å². The zero-order chi connectivity index (χ0) is 16.3. The van der Waals surface area contributed by atoms with E-state index in [-0.39, 0.29) is 6.10 Å². The number of rotatable bonds is 11. The Labute approximate surface area is 145 Å². The second-order valence-electron chi connectivity index (χ2n) is 5.22. The highest BCUT2D eigenvalue weighted by molar-refractivity contribution is 9.10. The summed E-state index contributed by atoms with van der Waals surface area (Å²) in [5.41, 5.74) is 1.18. The van der Waals surface area contributed by atoms with E-state index in [9.17, 15) is 0 Å². The fourth-order valence-corrected chi connectivity index (χ4v) is 2.32. The average Bonchev–Trinajstić information content (AvgIpc) is 2.98. The van der Waals surface area contributed by atoms with Crippen LogP contribution in [0.15, 0.2) is 47.2 Å². The summed E-state index contributed by atoms with van der Waals surface area (Å²) in [4.78, 5) is 0. The lowest BCUT2D eigenvalue weighted by atomic mass is 10.2. The third kappa shape index (κ3) is 7.74. The summed E-state index contributed by atoms with van der Waals surface area (Å²) in [6.07, 6.45) is 3.74. The highest BCUT2D eigenvalue weighted by atomic mass is 79.9. The van der Waals surface area contributed by atoms with Crippen molar-refractivity contribution in [3.8, 4) is 0 Å². The van der Waals surface area contributed by atoms with Crippen LogP contribution in [0.1, 0.15) is 12.5 Å². The molecule has 5 nitrogen and oxygen atoms in total. The lowest BCUT2D eigenvalue weighted by molar-refractivity contribution is -0.0334. The highest BCUT2D eigenvalue weighted by Gasteiger charge is 2.03. The van der Waals surface area contributed by atoms with Gasteiger partial charge in [-0.3, -0.25) is 4.68 Å². The number of nitrogens with zero attached hydrogens (tertiary/aromatic N) is 2. The molecule has 0 fully saturated rings. The monoisotopic (exact) mass is 382 g/mol. The van der Waals surface area contributed by atoms with Crippen molar-refractivity contribution in [2.75, 3.05) is 26.4 Å². The number of halogens is 1. The van der Waals surface area contributed by atoms with Crippen LogP contribution in [0.4, 0.5) is 0 Å². The topological polar surface area (TPSA) is 45.5 Å². The Morgan fingerprint density at radius 2 is 1.96 bits per heavy atom. The quantitative estimate of drug-likeness (QED) is 0.559. The molecule has 23 heavy (non-hydrogen) atoms. The number of hydrogen-bond donors (Lipinski definition) is 0. The summed E-state index contributed by atoms with van der Waals surface area (Å²) in [5, 5.41) is 4.17. The van der Waals surface area contributed by atoms with Crippen molar-refractivity contribution in [3.05, 3.63) is 52.8 Å². The first-order valence-corrected chi connectivity index (χ1v) is 8.52. The summed E-state index contributed by atoms with van der Waals surface area (Å²) in [7, 11) is 0. The Balaban J connectivity index is 1.44. The third-order valence-electron chi connectivity index (χ3n) is 3.16. The number of benzene rings is 1. The normalized spacial score (nSPS) is 12.4. The first kappa shape index (κ1) is 18.1. The van der Waals surface area contributed by atoms with Crippen LogP contribution >= 0.6 is 15.9 Å². The molecule has 2 rings (SSSR count). The van der Waals surface area contributed by atoms with Gasteiger partial charge in [-0.15, -0.1) is 0 Å². The summed E-state index contributed by atoms with van der Waals surface area (Å²) in [5.74, 6) is 0. The smallest absolute Gasteiger partial charge is 0.0781 e. The van der Waals surface area contributed by atoms with Crippen LogP contribution in [0, 0.1) is 0 Å². The Bertz CT molecular complexity index is 548. The van der Waals surface area contributed by atoms with Crippen molar-refractivity contribution < 1.29 is 14.2 Å². The van der Waals surface area contributed by atoms with E-state index in [4.69, 9.17) is 14.2 Å². The number of aromatic nitrogens is 2. The van der Waals surface area contributed by atoms with Crippen LogP contribution in [0.2, 0.25) is 0 Å². The third-order valence-corrected chi connectivity index (χ3v) is 3.57. The van der Waals surface area contributed by atoms with Crippen LogP contribution in [0.5, 0.6) is 0 Å². The average molecular weight is 383 g/mol. The molecule has 0 saturated carbocycles. The van der Waals surface area contributed by atoms with Gasteiger partial charge in [0.2, 0.25) is 0 Å². The van der Waals surface area contributed by atoms with Crippen LogP contribution in [-0.2, 0) is 27.4 Å². The molecule has 0 N–H and O–H groups in total. The molecular weight excluding hydrogens is 360 g/mol. The maximum atomic E-state index is 5.66. The van der Waals surface area contributed by atoms with Crippen LogP contribution in [0.3, 0.4) is 0 Å². The maximum Gasteiger partial charge on any atom is 0.0781 e. The standard InChI is InChI=1S/C17H23BrN2O3/c1-15(13-21-8-7-20-12-17(18)11-19-20)23-10-9-22-14-16-5-3-2-4-6-16/h2-6,11-12,15H,7-10,13-14H2,1H3. The zero-order valence-corrected chi connectivity index (χ0v) is 14.9. The molecule has 0 aliphatic rings. The van der Waals surface area contributed by atoms with Gasteiger partial charge in [0.05, 0.1) is 56.4 Å². The van der Waals surface area contributed by atoms with E-state index in [1.165, 1.54) is 5.56 Å². The lowest BCUT2D eigenvalue weighted by Crippen LogP contribution is -2.20. The SMILES string of the molecule is CC(COCCn1cc(Br)cn1)OCCOCc1ccccc1. The Morgan fingerprint density at radius 1 is 1.13 bits per heavy atom. The molecule has 1 unspecified atom stereocenters. The van der Waals surface area contributed by atoms with Gasteiger partial charge in [-0.1, -0.05) is 30.3 Å². The highest BCUT2D eigenvalue weighted by Crippen LogP contribution is 2.06. The van der Waals surface area contributed by atoms with Crippen LogP contribution < -0.4 is 0 Å². The number of hydrogen-bond acceptors (Lipinski definition) is 4. The molecule has 0 spiro atoms. The van der Waals surface area contributed by atoms with Crippen molar-refractivity contribution in [2.45, 2.75) is 26.2 Å². The molecule has 0 radical (unpaired) electrons.